The van der Waals surface area contributed by atoms with E-state index in [-0.39, 0.29) is 18.3 Å². The molecule has 1 aromatic rings. The summed E-state index contributed by atoms with van der Waals surface area (Å²) in [6.07, 6.45) is -4.40. The van der Waals surface area contributed by atoms with Gasteiger partial charge in [-0.1, -0.05) is 32.9 Å². The van der Waals surface area contributed by atoms with E-state index in [1.54, 1.807) is 20.8 Å². The summed E-state index contributed by atoms with van der Waals surface area (Å²) in [7, 11) is 0. The summed E-state index contributed by atoms with van der Waals surface area (Å²) in [5.41, 5.74) is -0.159. The average molecular weight is 331 g/mol. The predicted octanol–water partition coefficient (Wildman–Crippen LogP) is 3.42. The summed E-state index contributed by atoms with van der Waals surface area (Å²) in [6, 6.07) is 3.62. The topological polar surface area (TPSA) is 66.4 Å². The molecule has 1 unspecified atom stereocenters. The summed E-state index contributed by atoms with van der Waals surface area (Å²) in [5, 5.41) is 11.5. The molecule has 0 aliphatic carbocycles. The van der Waals surface area contributed by atoms with Crippen molar-refractivity contribution in [3.05, 3.63) is 35.4 Å². The van der Waals surface area contributed by atoms with Gasteiger partial charge < -0.3 is 10.4 Å². The number of rotatable bonds is 6. The van der Waals surface area contributed by atoms with E-state index < -0.39 is 29.7 Å². The van der Waals surface area contributed by atoms with Crippen LogP contribution in [0.4, 0.5) is 13.2 Å². The molecule has 0 heterocycles. The van der Waals surface area contributed by atoms with E-state index in [0.717, 1.165) is 12.1 Å². The Hall–Kier alpha value is -2.05. The number of aliphatic carboxylic acids is 1. The van der Waals surface area contributed by atoms with Gasteiger partial charge in [0.25, 0.3) is 0 Å². The van der Waals surface area contributed by atoms with Crippen LogP contribution in [0.15, 0.2) is 24.3 Å². The average Bonchev–Trinajstić information content (AvgIpc) is 2.43. The molecule has 0 bridgehead atoms. The second-order valence-electron chi connectivity index (χ2n) is 5.85. The Morgan fingerprint density at radius 2 is 1.65 bits per heavy atom. The van der Waals surface area contributed by atoms with E-state index in [1.807, 2.05) is 0 Å². The van der Waals surface area contributed by atoms with Gasteiger partial charge in [-0.2, -0.15) is 13.2 Å². The van der Waals surface area contributed by atoms with E-state index in [2.05, 4.69) is 5.32 Å². The van der Waals surface area contributed by atoms with Crippen LogP contribution in [0.25, 0.3) is 0 Å². The van der Waals surface area contributed by atoms with Crippen LogP contribution >= 0.6 is 0 Å². The summed E-state index contributed by atoms with van der Waals surface area (Å²) >= 11 is 0. The third-order valence-corrected chi connectivity index (χ3v) is 3.55. The summed E-state index contributed by atoms with van der Waals surface area (Å²) < 4.78 is 37.5. The Bertz CT molecular complexity index is 553. The number of nitrogens with one attached hydrogen (secondary N) is 1. The maximum absolute atomic E-state index is 12.5. The molecule has 7 heteroatoms. The fourth-order valence-electron chi connectivity index (χ4n) is 2.14. The number of carboxylic acid groups (broad SMARTS) is 1. The molecule has 0 fully saturated rings. The second kappa shape index (κ2) is 7.48. The molecule has 1 aromatic carbocycles. The summed E-state index contributed by atoms with van der Waals surface area (Å²) in [6.45, 7) is 5.06. The quantitative estimate of drug-likeness (QED) is 0.839. The van der Waals surface area contributed by atoms with Gasteiger partial charge in [-0.3, -0.25) is 4.79 Å². The Labute approximate surface area is 132 Å². The highest BCUT2D eigenvalue weighted by atomic mass is 19.4. The molecule has 1 rings (SSSR count). The van der Waals surface area contributed by atoms with Crippen LogP contribution in [0.3, 0.4) is 0 Å². The fraction of sp³-hybridized carbons (Fsp3) is 0.500. The second-order valence-corrected chi connectivity index (χ2v) is 5.85. The van der Waals surface area contributed by atoms with E-state index in [4.69, 9.17) is 5.11 Å². The molecule has 23 heavy (non-hydrogen) atoms. The molecule has 128 valence electrons. The molecule has 4 nitrogen and oxygen atoms in total. The van der Waals surface area contributed by atoms with Crippen LogP contribution in [-0.2, 0) is 15.8 Å². The standard InChI is InChI=1S/C16H20F3NO3/c1-9(2)14(15(22)23)20-13(21)8-10(3)11-4-6-12(7-5-11)16(17,18)19/h4-7,9-10,14H,8H2,1-3H3,(H,20,21)(H,22,23)/t10?,14-/m1/s1. The van der Waals surface area contributed by atoms with Gasteiger partial charge in [-0.05, 0) is 29.5 Å². The van der Waals surface area contributed by atoms with Crippen LogP contribution < -0.4 is 5.32 Å². The van der Waals surface area contributed by atoms with Crippen molar-refractivity contribution in [3.63, 3.8) is 0 Å². The zero-order valence-corrected chi connectivity index (χ0v) is 13.1. The van der Waals surface area contributed by atoms with Crippen molar-refractivity contribution < 1.29 is 27.9 Å². The highest BCUT2D eigenvalue weighted by Gasteiger charge is 2.30. The summed E-state index contributed by atoms with van der Waals surface area (Å²) in [5.74, 6) is -2.15. The van der Waals surface area contributed by atoms with Crippen LogP contribution in [0.5, 0.6) is 0 Å². The molecular formula is C16H20F3NO3. The Kier molecular flexibility index (Phi) is 6.18. The van der Waals surface area contributed by atoms with Gasteiger partial charge in [0.05, 0.1) is 5.56 Å². The highest BCUT2D eigenvalue weighted by Crippen LogP contribution is 2.30. The normalized spacial score (nSPS) is 14.4. The van der Waals surface area contributed by atoms with Gasteiger partial charge in [-0.15, -0.1) is 0 Å². The molecule has 2 atom stereocenters. The Morgan fingerprint density at radius 3 is 2.04 bits per heavy atom. The number of carbonyl (C=O) groups is 2. The first-order chi connectivity index (χ1) is 10.5. The maximum Gasteiger partial charge on any atom is 0.416 e. The van der Waals surface area contributed by atoms with Gasteiger partial charge in [0.2, 0.25) is 5.91 Å². The number of amides is 1. The molecule has 0 saturated heterocycles. The first-order valence-corrected chi connectivity index (χ1v) is 7.21. The van der Waals surface area contributed by atoms with Crippen molar-refractivity contribution in [2.45, 2.75) is 45.3 Å². The van der Waals surface area contributed by atoms with Crippen molar-refractivity contribution in [1.29, 1.82) is 0 Å². The van der Waals surface area contributed by atoms with Crippen molar-refractivity contribution in [3.8, 4) is 0 Å². The fourth-order valence-corrected chi connectivity index (χ4v) is 2.14. The minimum absolute atomic E-state index is 0.00185. The largest absolute Gasteiger partial charge is 0.480 e. The third kappa shape index (κ3) is 5.58. The number of carboxylic acids is 1. The van der Waals surface area contributed by atoms with Crippen molar-refractivity contribution in [1.82, 2.24) is 5.32 Å². The zero-order valence-electron chi connectivity index (χ0n) is 13.1. The van der Waals surface area contributed by atoms with Crippen molar-refractivity contribution in [2.75, 3.05) is 0 Å². The minimum Gasteiger partial charge on any atom is -0.480 e. The molecule has 0 saturated carbocycles. The molecule has 0 radical (unpaired) electrons. The Balaban J connectivity index is 2.70. The zero-order chi connectivity index (χ0) is 17.8. The molecule has 0 aliphatic rings. The Morgan fingerprint density at radius 1 is 1.13 bits per heavy atom. The molecule has 2 N–H and O–H groups in total. The van der Waals surface area contributed by atoms with Gasteiger partial charge >= 0.3 is 12.1 Å². The molecule has 1 amide bonds. The van der Waals surface area contributed by atoms with Gasteiger partial charge in [-0.25, -0.2) is 4.79 Å². The monoisotopic (exact) mass is 331 g/mol. The minimum atomic E-state index is -4.40. The third-order valence-electron chi connectivity index (χ3n) is 3.55. The summed E-state index contributed by atoms with van der Waals surface area (Å²) in [4.78, 5) is 23.0. The van der Waals surface area contributed by atoms with E-state index in [0.29, 0.717) is 5.56 Å². The molecular weight excluding hydrogens is 311 g/mol. The van der Waals surface area contributed by atoms with Crippen LogP contribution in [0.2, 0.25) is 0 Å². The van der Waals surface area contributed by atoms with Crippen molar-refractivity contribution in [2.24, 2.45) is 5.92 Å². The van der Waals surface area contributed by atoms with Gasteiger partial charge in [0.1, 0.15) is 6.04 Å². The SMILES string of the molecule is CC(CC(=O)N[C@@H](C(=O)O)C(C)C)c1ccc(C(F)(F)F)cc1. The molecule has 0 aliphatic heterocycles. The number of hydrogen-bond acceptors (Lipinski definition) is 2. The van der Waals surface area contributed by atoms with E-state index >= 15 is 0 Å². The lowest BCUT2D eigenvalue weighted by atomic mass is 9.95. The van der Waals surface area contributed by atoms with Crippen LogP contribution in [0.1, 0.15) is 44.2 Å². The highest BCUT2D eigenvalue weighted by molar-refractivity contribution is 5.84. The van der Waals surface area contributed by atoms with Gasteiger partial charge in [0.15, 0.2) is 0 Å². The molecule has 0 spiro atoms. The number of hydrogen-bond donors (Lipinski definition) is 2. The lowest BCUT2D eigenvalue weighted by Crippen LogP contribution is -2.44. The lowest BCUT2D eigenvalue weighted by Gasteiger charge is -2.19. The number of halogens is 3. The van der Waals surface area contributed by atoms with Crippen LogP contribution in [-0.4, -0.2) is 23.0 Å². The number of carbonyl (C=O) groups excluding carboxylic acids is 1. The maximum atomic E-state index is 12.5. The van der Waals surface area contributed by atoms with E-state index in [9.17, 15) is 22.8 Å². The smallest absolute Gasteiger partial charge is 0.416 e. The van der Waals surface area contributed by atoms with Gasteiger partial charge in [0, 0.05) is 6.42 Å². The number of alkyl halides is 3. The predicted molar refractivity (Wildman–Crippen MR) is 78.9 cm³/mol. The van der Waals surface area contributed by atoms with E-state index in [1.165, 1.54) is 12.1 Å². The van der Waals surface area contributed by atoms with Crippen molar-refractivity contribution >= 4 is 11.9 Å². The first-order valence-electron chi connectivity index (χ1n) is 7.21. The lowest BCUT2D eigenvalue weighted by molar-refractivity contribution is -0.143. The first kappa shape index (κ1) is 19.0. The van der Waals surface area contributed by atoms with Crippen LogP contribution in [0, 0.1) is 5.92 Å². The molecule has 0 aromatic heterocycles. The number of benzene rings is 1.